The lowest BCUT2D eigenvalue weighted by Crippen LogP contribution is -2.34. The average molecular weight is 414 g/mol. The summed E-state index contributed by atoms with van der Waals surface area (Å²) >= 11 is 5.22. The van der Waals surface area contributed by atoms with Gasteiger partial charge in [0.2, 0.25) is 0 Å². The summed E-state index contributed by atoms with van der Waals surface area (Å²) in [5.74, 6) is -0.458. The molecule has 0 bridgehead atoms. The first-order valence-electron chi connectivity index (χ1n) is 9.31. The van der Waals surface area contributed by atoms with E-state index in [0.717, 1.165) is 5.56 Å². The summed E-state index contributed by atoms with van der Waals surface area (Å²) in [4.78, 5) is 24.3. The van der Waals surface area contributed by atoms with Crippen LogP contribution in [0, 0.1) is 0 Å². The Morgan fingerprint density at radius 1 is 0.931 bits per heavy atom. The molecule has 0 heterocycles. The van der Waals surface area contributed by atoms with Crippen LogP contribution in [0.25, 0.3) is 0 Å². The number of rotatable bonds is 6. The van der Waals surface area contributed by atoms with Crippen LogP contribution in [-0.4, -0.2) is 37.2 Å². The number of hydrogen-bond acceptors (Lipinski definition) is 4. The number of thiocarbonyl (C=S) groups is 1. The highest BCUT2D eigenvalue weighted by molar-refractivity contribution is 7.80. The summed E-state index contributed by atoms with van der Waals surface area (Å²) in [6.45, 7) is 7.27. The molecule has 0 spiro atoms. The molecule has 0 unspecified atom stereocenters. The van der Waals surface area contributed by atoms with Crippen LogP contribution >= 0.6 is 12.2 Å². The zero-order chi connectivity index (χ0) is 21.4. The Hall–Kier alpha value is -2.77. The molecule has 2 aromatic carbocycles. The maximum atomic E-state index is 12.4. The Balaban J connectivity index is 1.90. The fraction of sp³-hybridized carbons (Fsp3) is 0.318. The summed E-state index contributed by atoms with van der Waals surface area (Å²) in [5.41, 5.74) is 2.91. The van der Waals surface area contributed by atoms with Gasteiger partial charge in [-0.3, -0.25) is 14.9 Å². The fourth-order valence-corrected chi connectivity index (χ4v) is 2.74. The zero-order valence-corrected chi connectivity index (χ0v) is 18.0. The van der Waals surface area contributed by atoms with Crippen LogP contribution in [0.15, 0.2) is 48.5 Å². The van der Waals surface area contributed by atoms with E-state index in [-0.39, 0.29) is 22.3 Å². The van der Waals surface area contributed by atoms with E-state index in [9.17, 15) is 9.59 Å². The molecular formula is C22H27N3O3S. The van der Waals surface area contributed by atoms with Crippen molar-refractivity contribution in [2.45, 2.75) is 26.2 Å². The van der Waals surface area contributed by atoms with Gasteiger partial charge >= 0.3 is 0 Å². The van der Waals surface area contributed by atoms with Gasteiger partial charge in [0.05, 0.1) is 6.61 Å². The first-order valence-corrected chi connectivity index (χ1v) is 9.71. The number of amides is 2. The fourth-order valence-electron chi connectivity index (χ4n) is 2.53. The summed E-state index contributed by atoms with van der Waals surface area (Å²) in [6.07, 6.45) is 0. The third-order valence-electron chi connectivity index (χ3n) is 4.24. The largest absolute Gasteiger partial charge is 0.383 e. The Morgan fingerprint density at radius 3 is 2.03 bits per heavy atom. The number of methoxy groups -OCH3 is 1. The predicted octanol–water partition coefficient (Wildman–Crippen LogP) is 3.49. The van der Waals surface area contributed by atoms with Gasteiger partial charge in [-0.25, -0.2) is 0 Å². The number of carbonyl (C=O) groups is 2. The van der Waals surface area contributed by atoms with Crippen LogP contribution in [-0.2, 0) is 10.2 Å². The van der Waals surface area contributed by atoms with Crippen molar-refractivity contribution in [3.63, 3.8) is 0 Å². The molecule has 0 saturated heterocycles. The summed E-state index contributed by atoms with van der Waals surface area (Å²) in [6, 6.07) is 14.3. The zero-order valence-electron chi connectivity index (χ0n) is 17.2. The summed E-state index contributed by atoms with van der Waals surface area (Å²) in [7, 11) is 1.58. The van der Waals surface area contributed by atoms with E-state index in [0.29, 0.717) is 30.0 Å². The van der Waals surface area contributed by atoms with Crippen molar-refractivity contribution in [2.24, 2.45) is 0 Å². The van der Waals surface area contributed by atoms with Crippen LogP contribution in [0.5, 0.6) is 0 Å². The number of benzene rings is 2. The molecule has 0 radical (unpaired) electrons. The first kappa shape index (κ1) is 22.5. The molecule has 29 heavy (non-hydrogen) atoms. The highest BCUT2D eigenvalue weighted by Crippen LogP contribution is 2.22. The molecule has 0 atom stereocenters. The molecule has 2 rings (SSSR count). The van der Waals surface area contributed by atoms with E-state index in [2.05, 4.69) is 36.7 Å². The highest BCUT2D eigenvalue weighted by atomic mass is 32.1. The van der Waals surface area contributed by atoms with Crippen molar-refractivity contribution < 1.29 is 14.3 Å². The van der Waals surface area contributed by atoms with Crippen LogP contribution in [0.3, 0.4) is 0 Å². The van der Waals surface area contributed by atoms with Gasteiger partial charge in [-0.15, -0.1) is 0 Å². The number of ether oxygens (including phenoxy) is 1. The molecule has 3 N–H and O–H groups in total. The third kappa shape index (κ3) is 6.96. The van der Waals surface area contributed by atoms with Crippen LogP contribution < -0.4 is 16.0 Å². The number of nitrogens with one attached hydrogen (secondary N) is 3. The summed E-state index contributed by atoms with van der Waals surface area (Å²) < 4.78 is 4.90. The lowest BCUT2D eigenvalue weighted by molar-refractivity contribution is 0.0935. The van der Waals surface area contributed by atoms with Crippen molar-refractivity contribution in [2.75, 3.05) is 25.6 Å². The Labute approximate surface area is 177 Å². The number of hydrogen-bond donors (Lipinski definition) is 3. The van der Waals surface area contributed by atoms with E-state index in [1.807, 2.05) is 12.1 Å². The van der Waals surface area contributed by atoms with Gasteiger partial charge in [-0.1, -0.05) is 32.9 Å². The maximum Gasteiger partial charge on any atom is 0.257 e. The van der Waals surface area contributed by atoms with Gasteiger partial charge in [0, 0.05) is 30.5 Å². The van der Waals surface area contributed by atoms with E-state index in [1.165, 1.54) is 0 Å². The van der Waals surface area contributed by atoms with Gasteiger partial charge in [-0.05, 0) is 59.6 Å². The molecule has 2 aromatic rings. The smallest absolute Gasteiger partial charge is 0.257 e. The van der Waals surface area contributed by atoms with Crippen LogP contribution in [0.4, 0.5) is 5.69 Å². The minimum absolute atomic E-state index is 0.0265. The lowest BCUT2D eigenvalue weighted by atomic mass is 9.87. The quantitative estimate of drug-likeness (QED) is 0.499. The topological polar surface area (TPSA) is 79.5 Å². The Kier molecular flexibility index (Phi) is 7.87. The van der Waals surface area contributed by atoms with Gasteiger partial charge in [0.25, 0.3) is 11.8 Å². The summed E-state index contributed by atoms with van der Waals surface area (Å²) in [5, 5.41) is 8.54. The normalized spacial score (nSPS) is 10.9. The minimum Gasteiger partial charge on any atom is -0.383 e. The molecule has 0 aliphatic heterocycles. The van der Waals surface area contributed by atoms with E-state index < -0.39 is 0 Å². The highest BCUT2D eigenvalue weighted by Gasteiger charge is 2.15. The molecule has 154 valence electrons. The lowest BCUT2D eigenvalue weighted by Gasteiger charge is -2.19. The second kappa shape index (κ2) is 10.1. The molecule has 0 aliphatic rings. The standard InChI is InChI=1S/C22H27N3O3S/c1-22(2,3)17-9-5-16(6-10-17)20(27)25-21(29)24-18-11-7-15(8-12-18)19(26)23-13-14-28-4/h5-12H,13-14H2,1-4H3,(H,23,26)(H2,24,25,27,29). The number of carbonyl (C=O) groups excluding carboxylic acids is 2. The maximum absolute atomic E-state index is 12.4. The van der Waals surface area contributed by atoms with Crippen LogP contribution in [0.2, 0.25) is 0 Å². The van der Waals surface area contributed by atoms with Crippen molar-refractivity contribution in [3.8, 4) is 0 Å². The Bertz CT molecular complexity index is 856. The van der Waals surface area contributed by atoms with E-state index >= 15 is 0 Å². The molecule has 2 amide bonds. The third-order valence-corrected chi connectivity index (χ3v) is 4.44. The second-order valence-electron chi connectivity index (χ2n) is 7.56. The molecule has 7 heteroatoms. The van der Waals surface area contributed by atoms with Crippen molar-refractivity contribution in [3.05, 3.63) is 65.2 Å². The van der Waals surface area contributed by atoms with Crippen molar-refractivity contribution >= 4 is 34.8 Å². The van der Waals surface area contributed by atoms with E-state index in [4.69, 9.17) is 17.0 Å². The van der Waals surface area contributed by atoms with Gasteiger partial charge in [0.1, 0.15) is 0 Å². The van der Waals surface area contributed by atoms with E-state index in [1.54, 1.807) is 43.5 Å². The average Bonchev–Trinajstić information content (AvgIpc) is 2.68. The molecule has 0 aromatic heterocycles. The SMILES string of the molecule is COCCNC(=O)c1ccc(NC(=S)NC(=O)c2ccc(C(C)(C)C)cc2)cc1. The van der Waals surface area contributed by atoms with Crippen LogP contribution in [0.1, 0.15) is 47.1 Å². The minimum atomic E-state index is -0.280. The molecule has 0 fully saturated rings. The van der Waals surface area contributed by atoms with Gasteiger partial charge < -0.3 is 15.4 Å². The molecule has 6 nitrogen and oxygen atoms in total. The second-order valence-corrected chi connectivity index (χ2v) is 7.97. The predicted molar refractivity (Wildman–Crippen MR) is 119 cm³/mol. The van der Waals surface area contributed by atoms with Crippen molar-refractivity contribution in [1.29, 1.82) is 0 Å². The number of anilines is 1. The Morgan fingerprint density at radius 2 is 1.48 bits per heavy atom. The van der Waals surface area contributed by atoms with Crippen molar-refractivity contribution in [1.82, 2.24) is 10.6 Å². The first-order chi connectivity index (χ1) is 13.7. The monoisotopic (exact) mass is 413 g/mol. The van der Waals surface area contributed by atoms with Gasteiger partial charge in [0.15, 0.2) is 5.11 Å². The molecule has 0 saturated carbocycles. The molecular weight excluding hydrogens is 386 g/mol. The molecule has 0 aliphatic carbocycles. The van der Waals surface area contributed by atoms with Gasteiger partial charge in [-0.2, -0.15) is 0 Å².